The molecule has 0 unspecified atom stereocenters. The summed E-state index contributed by atoms with van der Waals surface area (Å²) in [6.45, 7) is 1.09. The van der Waals surface area contributed by atoms with E-state index in [1.54, 1.807) is 18.0 Å². The summed E-state index contributed by atoms with van der Waals surface area (Å²) in [7, 11) is 3.54. The average Bonchev–Trinajstić information content (AvgIpc) is 2.34. The molecule has 0 aliphatic heterocycles. The minimum absolute atomic E-state index is 0.520. The highest BCUT2D eigenvalue weighted by Crippen LogP contribution is 2.06. The number of hydrogen-bond donors (Lipinski definition) is 1. The van der Waals surface area contributed by atoms with Gasteiger partial charge in [0.2, 0.25) is 0 Å². The number of aryl methyl sites for hydroxylation is 1. The van der Waals surface area contributed by atoms with Crippen LogP contribution in [0.15, 0.2) is 6.20 Å². The van der Waals surface area contributed by atoms with Crippen LogP contribution in [0.2, 0.25) is 0 Å². The first-order chi connectivity index (χ1) is 5.29. The van der Waals surface area contributed by atoms with Crippen molar-refractivity contribution in [3.8, 4) is 0 Å². The number of aromatic nitrogens is 2. The molecule has 0 spiro atoms. The first-order valence-electron chi connectivity index (χ1n) is 3.48. The normalized spacial score (nSPS) is 10.5. The smallest absolute Gasteiger partial charge is 0.0884 e. The molecule has 1 rings (SSSR count). The van der Waals surface area contributed by atoms with Crippen LogP contribution in [-0.4, -0.2) is 16.9 Å². The van der Waals surface area contributed by atoms with Crippen LogP contribution in [0.5, 0.6) is 0 Å². The molecule has 0 saturated heterocycles. The predicted molar refractivity (Wildman–Crippen MR) is 41.8 cm³/mol. The monoisotopic (exact) mass is 155 g/mol. The van der Waals surface area contributed by atoms with Gasteiger partial charge in [-0.05, 0) is 0 Å². The Morgan fingerprint density at radius 3 is 3.00 bits per heavy atom. The summed E-state index contributed by atoms with van der Waals surface area (Å²) < 4.78 is 6.78. The lowest BCUT2D eigenvalue weighted by Gasteiger charge is -2.01. The molecule has 0 saturated carbocycles. The summed E-state index contributed by atoms with van der Waals surface area (Å²) in [5.74, 6) is 0. The summed E-state index contributed by atoms with van der Waals surface area (Å²) in [5, 5.41) is 4.06. The molecule has 1 aromatic rings. The van der Waals surface area contributed by atoms with Gasteiger partial charge < -0.3 is 10.5 Å². The van der Waals surface area contributed by atoms with Crippen LogP contribution in [0, 0.1) is 0 Å². The SMILES string of the molecule is COCc1c(CN)cnn1C. The maximum absolute atomic E-state index is 5.49. The number of rotatable bonds is 3. The molecular weight excluding hydrogens is 142 g/mol. The minimum atomic E-state index is 0.520. The molecule has 2 N–H and O–H groups in total. The van der Waals surface area contributed by atoms with Gasteiger partial charge in [-0.15, -0.1) is 0 Å². The van der Waals surface area contributed by atoms with Crippen molar-refractivity contribution in [2.24, 2.45) is 12.8 Å². The number of hydrogen-bond acceptors (Lipinski definition) is 3. The molecule has 0 atom stereocenters. The quantitative estimate of drug-likeness (QED) is 0.669. The van der Waals surface area contributed by atoms with E-state index in [1.807, 2.05) is 7.05 Å². The Hall–Kier alpha value is -0.870. The van der Waals surface area contributed by atoms with Crippen LogP contribution in [0.4, 0.5) is 0 Å². The van der Waals surface area contributed by atoms with Gasteiger partial charge in [0, 0.05) is 26.3 Å². The summed E-state index contributed by atoms with van der Waals surface area (Å²) in [4.78, 5) is 0. The van der Waals surface area contributed by atoms with E-state index in [0.29, 0.717) is 13.2 Å². The lowest BCUT2D eigenvalue weighted by atomic mass is 10.2. The third-order valence-corrected chi connectivity index (χ3v) is 1.65. The van der Waals surface area contributed by atoms with Gasteiger partial charge in [0.1, 0.15) is 0 Å². The first-order valence-corrected chi connectivity index (χ1v) is 3.48. The van der Waals surface area contributed by atoms with Gasteiger partial charge in [-0.1, -0.05) is 0 Å². The summed E-state index contributed by atoms with van der Waals surface area (Å²) in [6.07, 6.45) is 1.77. The molecule has 4 nitrogen and oxygen atoms in total. The van der Waals surface area contributed by atoms with Gasteiger partial charge in [0.15, 0.2) is 0 Å². The predicted octanol–water partition coefficient (Wildman–Crippen LogP) is 0.0252. The fourth-order valence-electron chi connectivity index (χ4n) is 1.00. The molecule has 0 radical (unpaired) electrons. The summed E-state index contributed by atoms with van der Waals surface area (Å²) in [5.41, 5.74) is 7.59. The number of ether oxygens (including phenoxy) is 1. The molecule has 0 fully saturated rings. The third kappa shape index (κ3) is 1.58. The topological polar surface area (TPSA) is 53.1 Å². The molecule has 0 aliphatic carbocycles. The lowest BCUT2D eigenvalue weighted by Crippen LogP contribution is -2.04. The van der Waals surface area contributed by atoms with Crippen LogP contribution in [0.3, 0.4) is 0 Å². The number of methoxy groups -OCH3 is 1. The second-order valence-corrected chi connectivity index (χ2v) is 2.38. The average molecular weight is 155 g/mol. The minimum Gasteiger partial charge on any atom is -0.378 e. The fourth-order valence-corrected chi connectivity index (χ4v) is 1.00. The maximum Gasteiger partial charge on any atom is 0.0884 e. The Balaban J connectivity index is 2.88. The van der Waals surface area contributed by atoms with E-state index in [4.69, 9.17) is 10.5 Å². The standard InChI is InChI=1S/C7H13N3O/c1-10-7(5-11-2)6(3-8)4-9-10/h4H,3,5,8H2,1-2H3. The Morgan fingerprint density at radius 2 is 2.45 bits per heavy atom. The fraction of sp³-hybridized carbons (Fsp3) is 0.571. The highest BCUT2D eigenvalue weighted by Gasteiger charge is 2.04. The molecule has 0 aliphatic rings. The van der Waals surface area contributed by atoms with Gasteiger partial charge in [-0.2, -0.15) is 5.10 Å². The zero-order chi connectivity index (χ0) is 8.27. The molecule has 0 bridgehead atoms. The first kappa shape index (κ1) is 8.23. The van der Waals surface area contributed by atoms with Crippen molar-refractivity contribution in [2.75, 3.05) is 7.11 Å². The Morgan fingerprint density at radius 1 is 1.73 bits per heavy atom. The van der Waals surface area contributed by atoms with Gasteiger partial charge >= 0.3 is 0 Å². The van der Waals surface area contributed by atoms with Crippen molar-refractivity contribution in [2.45, 2.75) is 13.2 Å². The van der Waals surface area contributed by atoms with E-state index in [-0.39, 0.29) is 0 Å². The lowest BCUT2D eigenvalue weighted by molar-refractivity contribution is 0.177. The summed E-state index contributed by atoms with van der Waals surface area (Å²) in [6, 6.07) is 0. The van der Waals surface area contributed by atoms with Crippen LogP contribution in [0.1, 0.15) is 11.3 Å². The molecule has 11 heavy (non-hydrogen) atoms. The Labute approximate surface area is 66.0 Å². The van der Waals surface area contributed by atoms with Gasteiger partial charge in [0.05, 0.1) is 18.5 Å². The second kappa shape index (κ2) is 3.50. The molecule has 1 aromatic heterocycles. The van der Waals surface area contributed by atoms with Crippen molar-refractivity contribution in [1.82, 2.24) is 9.78 Å². The summed E-state index contributed by atoms with van der Waals surface area (Å²) >= 11 is 0. The van der Waals surface area contributed by atoms with E-state index < -0.39 is 0 Å². The van der Waals surface area contributed by atoms with Gasteiger partial charge in [0.25, 0.3) is 0 Å². The van der Waals surface area contributed by atoms with Crippen molar-refractivity contribution < 1.29 is 4.74 Å². The molecule has 0 amide bonds. The number of nitrogens with zero attached hydrogens (tertiary/aromatic N) is 2. The molecule has 0 aromatic carbocycles. The zero-order valence-corrected chi connectivity index (χ0v) is 6.87. The Bertz CT molecular complexity index is 232. The molecular formula is C7H13N3O. The second-order valence-electron chi connectivity index (χ2n) is 2.38. The van der Waals surface area contributed by atoms with Crippen molar-refractivity contribution >= 4 is 0 Å². The van der Waals surface area contributed by atoms with Gasteiger partial charge in [-0.25, -0.2) is 0 Å². The number of nitrogens with two attached hydrogens (primary N) is 1. The van der Waals surface area contributed by atoms with E-state index in [2.05, 4.69) is 5.10 Å². The Kier molecular flexibility index (Phi) is 2.62. The van der Waals surface area contributed by atoms with E-state index >= 15 is 0 Å². The third-order valence-electron chi connectivity index (χ3n) is 1.65. The zero-order valence-electron chi connectivity index (χ0n) is 6.87. The van der Waals surface area contributed by atoms with Gasteiger partial charge in [-0.3, -0.25) is 4.68 Å². The van der Waals surface area contributed by atoms with E-state index in [1.165, 1.54) is 0 Å². The van der Waals surface area contributed by atoms with Crippen molar-refractivity contribution in [3.63, 3.8) is 0 Å². The van der Waals surface area contributed by atoms with Crippen LogP contribution in [0.25, 0.3) is 0 Å². The van der Waals surface area contributed by atoms with Crippen molar-refractivity contribution in [1.29, 1.82) is 0 Å². The maximum atomic E-state index is 5.49. The van der Waals surface area contributed by atoms with Crippen LogP contribution >= 0.6 is 0 Å². The van der Waals surface area contributed by atoms with Crippen molar-refractivity contribution in [3.05, 3.63) is 17.5 Å². The van der Waals surface area contributed by atoms with Crippen LogP contribution in [-0.2, 0) is 24.9 Å². The largest absolute Gasteiger partial charge is 0.378 e. The molecule has 1 heterocycles. The van der Waals surface area contributed by atoms with Crippen LogP contribution < -0.4 is 5.73 Å². The molecule has 62 valence electrons. The molecule has 4 heteroatoms. The van der Waals surface area contributed by atoms with E-state index in [0.717, 1.165) is 11.3 Å². The highest BCUT2D eigenvalue weighted by atomic mass is 16.5. The van der Waals surface area contributed by atoms with E-state index in [9.17, 15) is 0 Å². The highest BCUT2D eigenvalue weighted by molar-refractivity contribution is 5.16.